The van der Waals surface area contributed by atoms with Crippen LogP contribution in [0.15, 0.2) is 49.0 Å². The molecular formula is C17H14O5. The molecule has 2 aromatic rings. The maximum atomic E-state index is 11.3. The average molecular weight is 298 g/mol. The number of aromatic carboxylic acids is 2. The van der Waals surface area contributed by atoms with Crippen molar-refractivity contribution in [2.24, 2.45) is 0 Å². The normalized spacial score (nSPS) is 10.0. The molecule has 0 radical (unpaired) electrons. The summed E-state index contributed by atoms with van der Waals surface area (Å²) in [7, 11) is 0. The van der Waals surface area contributed by atoms with Crippen molar-refractivity contribution in [2.45, 2.75) is 6.61 Å². The Hall–Kier alpha value is -3.08. The number of hydrogen-bond acceptors (Lipinski definition) is 3. The van der Waals surface area contributed by atoms with Gasteiger partial charge in [-0.2, -0.15) is 0 Å². The third kappa shape index (κ3) is 3.15. The molecule has 0 unspecified atom stereocenters. The number of benzene rings is 2. The molecule has 0 aliphatic rings. The Morgan fingerprint density at radius 1 is 1.05 bits per heavy atom. The first-order valence-electron chi connectivity index (χ1n) is 6.47. The van der Waals surface area contributed by atoms with Crippen molar-refractivity contribution >= 4 is 18.0 Å². The smallest absolute Gasteiger partial charge is 0.340 e. The molecule has 0 saturated heterocycles. The molecule has 5 nitrogen and oxygen atoms in total. The fourth-order valence-electron chi connectivity index (χ4n) is 2.07. The zero-order valence-electron chi connectivity index (χ0n) is 11.7. The van der Waals surface area contributed by atoms with Gasteiger partial charge in [0.25, 0.3) is 0 Å². The first kappa shape index (κ1) is 15.3. The predicted octanol–water partition coefficient (Wildman–Crippen LogP) is 3.31. The maximum absolute atomic E-state index is 11.3. The van der Waals surface area contributed by atoms with Crippen molar-refractivity contribution < 1.29 is 24.5 Å². The monoisotopic (exact) mass is 298 g/mol. The topological polar surface area (TPSA) is 83.8 Å². The second kappa shape index (κ2) is 6.58. The number of carbonyl (C=O) groups is 2. The van der Waals surface area contributed by atoms with Crippen LogP contribution in [-0.4, -0.2) is 22.2 Å². The van der Waals surface area contributed by atoms with Crippen molar-refractivity contribution in [3.63, 3.8) is 0 Å². The lowest BCUT2D eigenvalue weighted by Crippen LogP contribution is -2.11. The van der Waals surface area contributed by atoms with Gasteiger partial charge in [-0.05, 0) is 23.3 Å². The molecule has 112 valence electrons. The zero-order chi connectivity index (χ0) is 16.1. The number of ether oxygens (including phenoxy) is 1. The molecule has 0 atom stereocenters. The standard InChI is InChI=1S/C17H14O5/c1-2-11-6-3-4-7-12(11)10-22-14-9-5-8-13(16(18)19)15(14)17(20)21/h2-9H,1,10H2,(H,18,19)(H,20,21). The fourth-order valence-corrected chi connectivity index (χ4v) is 2.07. The van der Waals surface area contributed by atoms with E-state index in [1.54, 1.807) is 6.08 Å². The third-order valence-electron chi connectivity index (χ3n) is 3.13. The molecule has 0 bridgehead atoms. The van der Waals surface area contributed by atoms with Crippen LogP contribution in [0.4, 0.5) is 0 Å². The van der Waals surface area contributed by atoms with Crippen molar-refractivity contribution in [3.05, 3.63) is 71.3 Å². The van der Waals surface area contributed by atoms with E-state index in [1.165, 1.54) is 18.2 Å². The lowest BCUT2D eigenvalue weighted by molar-refractivity contribution is 0.0647. The first-order valence-corrected chi connectivity index (χ1v) is 6.47. The second-order valence-corrected chi connectivity index (χ2v) is 4.48. The van der Waals surface area contributed by atoms with E-state index in [9.17, 15) is 14.7 Å². The van der Waals surface area contributed by atoms with E-state index < -0.39 is 11.9 Å². The summed E-state index contributed by atoms with van der Waals surface area (Å²) in [5.74, 6) is -2.63. The number of carboxylic acid groups (broad SMARTS) is 2. The van der Waals surface area contributed by atoms with Crippen LogP contribution in [0, 0.1) is 0 Å². The Labute approximate surface area is 127 Å². The summed E-state index contributed by atoms with van der Waals surface area (Å²) < 4.78 is 5.53. The molecule has 0 fully saturated rings. The van der Waals surface area contributed by atoms with Crippen molar-refractivity contribution in [2.75, 3.05) is 0 Å². The molecule has 0 saturated carbocycles. The second-order valence-electron chi connectivity index (χ2n) is 4.48. The minimum atomic E-state index is -1.34. The minimum absolute atomic E-state index is 0.0197. The molecule has 0 spiro atoms. The highest BCUT2D eigenvalue weighted by atomic mass is 16.5. The fraction of sp³-hybridized carbons (Fsp3) is 0.0588. The average Bonchev–Trinajstić information content (AvgIpc) is 2.52. The highest BCUT2D eigenvalue weighted by Gasteiger charge is 2.21. The van der Waals surface area contributed by atoms with Gasteiger partial charge in [-0.25, -0.2) is 9.59 Å². The van der Waals surface area contributed by atoms with Crippen LogP contribution in [0.25, 0.3) is 6.08 Å². The molecule has 0 aromatic heterocycles. The van der Waals surface area contributed by atoms with Crippen LogP contribution in [0.3, 0.4) is 0 Å². The Morgan fingerprint density at radius 3 is 2.41 bits per heavy atom. The zero-order valence-corrected chi connectivity index (χ0v) is 11.7. The molecule has 2 N–H and O–H groups in total. The van der Waals surface area contributed by atoms with E-state index in [1.807, 2.05) is 24.3 Å². The number of hydrogen-bond donors (Lipinski definition) is 2. The Balaban J connectivity index is 2.34. The first-order chi connectivity index (χ1) is 10.5. The van der Waals surface area contributed by atoms with Gasteiger partial charge in [-0.3, -0.25) is 0 Å². The van der Waals surface area contributed by atoms with Gasteiger partial charge in [0.1, 0.15) is 17.9 Å². The van der Waals surface area contributed by atoms with Gasteiger partial charge >= 0.3 is 11.9 Å². The molecule has 0 aliphatic heterocycles. The van der Waals surface area contributed by atoms with Crippen LogP contribution in [0.2, 0.25) is 0 Å². The van der Waals surface area contributed by atoms with E-state index in [0.717, 1.165) is 11.1 Å². The Morgan fingerprint density at radius 2 is 1.77 bits per heavy atom. The van der Waals surface area contributed by atoms with Crippen molar-refractivity contribution in [1.29, 1.82) is 0 Å². The summed E-state index contributed by atoms with van der Waals surface area (Å²) in [6.07, 6.45) is 1.67. The van der Waals surface area contributed by atoms with E-state index in [4.69, 9.17) is 9.84 Å². The van der Waals surface area contributed by atoms with Crippen LogP contribution >= 0.6 is 0 Å². The van der Waals surface area contributed by atoms with E-state index in [0.29, 0.717) is 0 Å². The molecule has 5 heteroatoms. The quantitative estimate of drug-likeness (QED) is 0.854. The number of rotatable bonds is 6. The van der Waals surface area contributed by atoms with Crippen molar-refractivity contribution in [3.8, 4) is 5.75 Å². The Bertz CT molecular complexity index is 734. The van der Waals surface area contributed by atoms with Gasteiger partial charge in [0.15, 0.2) is 0 Å². The lowest BCUT2D eigenvalue weighted by atomic mass is 10.1. The van der Waals surface area contributed by atoms with Crippen molar-refractivity contribution in [1.82, 2.24) is 0 Å². The van der Waals surface area contributed by atoms with E-state index in [-0.39, 0.29) is 23.5 Å². The molecule has 2 aromatic carbocycles. The third-order valence-corrected chi connectivity index (χ3v) is 3.13. The SMILES string of the molecule is C=Cc1ccccc1COc1cccc(C(=O)O)c1C(=O)O. The molecule has 22 heavy (non-hydrogen) atoms. The van der Waals surface area contributed by atoms with Gasteiger partial charge in [0, 0.05) is 0 Å². The van der Waals surface area contributed by atoms with Crippen LogP contribution in [-0.2, 0) is 6.61 Å². The molecule has 0 amide bonds. The molecule has 0 heterocycles. The summed E-state index contributed by atoms with van der Waals surface area (Å²) in [5.41, 5.74) is 1.04. The summed E-state index contributed by atoms with van der Waals surface area (Å²) in [6.45, 7) is 3.82. The predicted molar refractivity (Wildman–Crippen MR) is 81.2 cm³/mol. The Kier molecular flexibility index (Phi) is 4.58. The minimum Gasteiger partial charge on any atom is -0.488 e. The summed E-state index contributed by atoms with van der Waals surface area (Å²) >= 11 is 0. The van der Waals surface area contributed by atoms with Gasteiger partial charge in [-0.1, -0.05) is 43.0 Å². The lowest BCUT2D eigenvalue weighted by Gasteiger charge is -2.12. The van der Waals surface area contributed by atoms with E-state index in [2.05, 4.69) is 6.58 Å². The van der Waals surface area contributed by atoms with Gasteiger partial charge in [-0.15, -0.1) is 0 Å². The van der Waals surface area contributed by atoms with Crippen LogP contribution in [0.1, 0.15) is 31.8 Å². The van der Waals surface area contributed by atoms with E-state index >= 15 is 0 Å². The summed E-state index contributed by atoms with van der Waals surface area (Å²) in [4.78, 5) is 22.4. The largest absolute Gasteiger partial charge is 0.488 e. The van der Waals surface area contributed by atoms with Gasteiger partial charge in [0.2, 0.25) is 0 Å². The molecular weight excluding hydrogens is 284 g/mol. The van der Waals surface area contributed by atoms with Gasteiger partial charge in [0.05, 0.1) is 5.56 Å². The molecule has 0 aliphatic carbocycles. The number of carboxylic acids is 2. The maximum Gasteiger partial charge on any atom is 0.340 e. The van der Waals surface area contributed by atoms with Gasteiger partial charge < -0.3 is 14.9 Å². The van der Waals surface area contributed by atoms with Crippen LogP contribution < -0.4 is 4.74 Å². The van der Waals surface area contributed by atoms with Crippen LogP contribution in [0.5, 0.6) is 5.75 Å². The highest BCUT2D eigenvalue weighted by Crippen LogP contribution is 2.24. The molecule has 2 rings (SSSR count). The highest BCUT2D eigenvalue weighted by molar-refractivity contribution is 6.03. The summed E-state index contributed by atoms with van der Waals surface area (Å²) in [5, 5.41) is 18.3. The summed E-state index contributed by atoms with van der Waals surface area (Å²) in [6, 6.07) is 11.5.